The normalized spacial score (nSPS) is 15.3. The number of carbonyl (C=O) groups is 10. The van der Waals surface area contributed by atoms with Gasteiger partial charge in [-0.3, -0.25) is 48.1 Å². The quantitative estimate of drug-likeness (QED) is 0.0162. The first-order chi connectivity index (χ1) is 34.7. The third-order valence-corrected chi connectivity index (χ3v) is 12.1. The third kappa shape index (κ3) is 25.7. The Labute approximate surface area is 434 Å². The minimum Gasteiger partial charge on any atom is -0.481 e. The molecule has 0 saturated carbocycles. The molecule has 0 aliphatic carbocycles. The van der Waals surface area contributed by atoms with Crippen molar-refractivity contribution in [1.29, 1.82) is 0 Å². The van der Waals surface area contributed by atoms with Crippen LogP contribution in [0.15, 0.2) is 4.99 Å². The summed E-state index contributed by atoms with van der Waals surface area (Å²) in [5.41, 5.74) is 28.1. The van der Waals surface area contributed by atoms with E-state index in [0.717, 1.165) is 0 Å². The fourth-order valence-electron chi connectivity index (χ4n) is 7.28. The van der Waals surface area contributed by atoms with Crippen molar-refractivity contribution in [3.63, 3.8) is 0 Å². The molecule has 27 nitrogen and oxygen atoms in total. The molecule has 0 saturated heterocycles. The molecule has 0 aromatic carbocycles. The van der Waals surface area contributed by atoms with Crippen LogP contribution in [0, 0.1) is 23.7 Å². The van der Waals surface area contributed by atoms with Gasteiger partial charge in [0.15, 0.2) is 5.96 Å². The summed E-state index contributed by atoms with van der Waals surface area (Å²) in [4.78, 5) is 137. The Hall–Kier alpha value is -6.19. The fourth-order valence-corrected chi connectivity index (χ4v) is 7.28. The largest absolute Gasteiger partial charge is 0.481 e. The predicted molar refractivity (Wildman–Crippen MR) is 275 cm³/mol. The number of unbranched alkanes of at least 4 members (excludes halogenated alkanes) is 2. The fraction of sp³-hybridized carbons (Fsp3) is 0.766. The van der Waals surface area contributed by atoms with E-state index in [4.69, 9.17) is 28.7 Å². The number of amides is 8. The minimum absolute atomic E-state index is 0.0225. The van der Waals surface area contributed by atoms with Crippen LogP contribution in [0.4, 0.5) is 0 Å². The summed E-state index contributed by atoms with van der Waals surface area (Å²) in [5.74, 6) is -11.6. The Bertz CT molecular complexity index is 1870. The van der Waals surface area contributed by atoms with Gasteiger partial charge in [-0.05, 0) is 94.5 Å². The van der Waals surface area contributed by atoms with Gasteiger partial charge in [-0.2, -0.15) is 0 Å². The summed E-state index contributed by atoms with van der Waals surface area (Å²) in [6.45, 7) is 12.9. The number of aliphatic carboxylic acids is 2. The predicted octanol–water partition coefficient (Wildman–Crippen LogP) is -3.54. The Morgan fingerprint density at radius 1 is 0.473 bits per heavy atom. The van der Waals surface area contributed by atoms with Gasteiger partial charge < -0.3 is 86.5 Å². The summed E-state index contributed by atoms with van der Waals surface area (Å²) < 4.78 is 0. The maximum Gasteiger partial charge on any atom is 0.326 e. The highest BCUT2D eigenvalue weighted by Crippen LogP contribution is 2.14. The molecule has 0 aliphatic heterocycles. The monoisotopic (exact) mass is 1060 g/mol. The highest BCUT2D eigenvalue weighted by Gasteiger charge is 2.37. The number of rotatable bonds is 38. The van der Waals surface area contributed by atoms with Crippen LogP contribution in [-0.2, 0) is 47.9 Å². The molecule has 0 aliphatic rings. The molecule has 27 heteroatoms. The lowest BCUT2D eigenvalue weighted by Gasteiger charge is -2.31. The van der Waals surface area contributed by atoms with Crippen molar-refractivity contribution in [2.24, 2.45) is 57.3 Å². The number of hydrogen-bond acceptors (Lipinski definition) is 15. The van der Waals surface area contributed by atoms with E-state index >= 15 is 0 Å². The first-order valence-corrected chi connectivity index (χ1v) is 25.4. The topological polar surface area (TPSA) is 470 Å². The summed E-state index contributed by atoms with van der Waals surface area (Å²) in [7, 11) is 0. The number of guanidine groups is 1. The summed E-state index contributed by atoms with van der Waals surface area (Å²) >= 11 is 0. The Morgan fingerprint density at radius 2 is 0.824 bits per heavy atom. The zero-order valence-corrected chi connectivity index (χ0v) is 44.4. The molecule has 0 rings (SSSR count). The maximum atomic E-state index is 14.3. The van der Waals surface area contributed by atoms with E-state index in [1.807, 2.05) is 0 Å². The first kappa shape index (κ1) is 67.8. The lowest BCUT2D eigenvalue weighted by Crippen LogP contribution is -2.62. The molecule has 0 unspecified atom stereocenters. The lowest BCUT2D eigenvalue weighted by molar-refractivity contribution is -0.144. The lowest BCUT2D eigenvalue weighted by atomic mass is 9.95. The smallest absolute Gasteiger partial charge is 0.326 e. The molecule has 21 N–H and O–H groups in total. The second-order valence-electron chi connectivity index (χ2n) is 19.4. The standard InChI is InChI=1S/C47H88N14O13/c1-9-27(8)37(61-44(71)35(25(4)5)59-42(69)32(18-19-33(63)64)54-38(65)28(50)23-62)45(72)57-29(15-10-12-20-48)39(66)56-31(17-14-22-53-47(51)52)40(67)55-30(16-11-13-21-49)41(68)58-34(24(2)3)43(70)60-36(26(6)7)46(73)74/h24-32,34-37,62H,9-23,48-50H2,1-8H3,(H,54,65)(H,55,67)(H,56,66)(H,57,72)(H,58,68)(H,59,69)(H,60,70)(H,61,71)(H,63,64)(H,73,74)(H4,51,52,53)/t27-,28-,29-,30-,31-,32-,34-,35-,36-,37-/m0/s1. The second-order valence-corrected chi connectivity index (χ2v) is 19.4. The Kier molecular flexibility index (Phi) is 32.9. The van der Waals surface area contributed by atoms with Gasteiger partial charge in [-0.1, -0.05) is 61.8 Å². The van der Waals surface area contributed by atoms with Crippen molar-refractivity contribution in [2.75, 3.05) is 26.2 Å². The van der Waals surface area contributed by atoms with E-state index in [1.54, 1.807) is 55.4 Å². The molecule has 424 valence electrons. The zero-order valence-electron chi connectivity index (χ0n) is 44.4. The number of nitrogens with two attached hydrogens (primary N) is 5. The average Bonchev–Trinajstić information content (AvgIpc) is 3.33. The highest BCUT2D eigenvalue weighted by atomic mass is 16.4. The number of aliphatic hydroxyl groups excluding tert-OH is 1. The molecule has 0 aromatic rings. The van der Waals surface area contributed by atoms with Gasteiger partial charge in [0.1, 0.15) is 54.4 Å². The molecule has 74 heavy (non-hydrogen) atoms. The molecular formula is C47H88N14O13. The molecular weight excluding hydrogens is 969 g/mol. The number of nitrogens with one attached hydrogen (secondary N) is 8. The van der Waals surface area contributed by atoms with Gasteiger partial charge in [0.25, 0.3) is 0 Å². The zero-order chi connectivity index (χ0) is 56.8. The Morgan fingerprint density at radius 3 is 1.19 bits per heavy atom. The van der Waals surface area contributed by atoms with Crippen LogP contribution < -0.4 is 71.2 Å². The van der Waals surface area contributed by atoms with Crippen LogP contribution in [0.2, 0.25) is 0 Å². The number of nitrogens with zero attached hydrogens (tertiary/aromatic N) is 1. The number of carbonyl (C=O) groups excluding carboxylic acids is 8. The first-order valence-electron chi connectivity index (χ1n) is 25.4. The highest BCUT2D eigenvalue weighted by molar-refractivity contribution is 5.98. The van der Waals surface area contributed by atoms with E-state index in [9.17, 15) is 63.3 Å². The van der Waals surface area contributed by atoms with Crippen molar-refractivity contribution < 1.29 is 63.3 Å². The maximum absolute atomic E-state index is 14.3. The van der Waals surface area contributed by atoms with Gasteiger partial charge in [0, 0.05) is 13.0 Å². The summed E-state index contributed by atoms with van der Waals surface area (Å²) in [5, 5.41) is 49.0. The number of aliphatic imine (C=N–C) groups is 1. The number of carboxylic acids is 2. The van der Waals surface area contributed by atoms with Crippen molar-refractivity contribution in [2.45, 2.75) is 180 Å². The molecule has 0 bridgehead atoms. The average molecular weight is 1060 g/mol. The van der Waals surface area contributed by atoms with Gasteiger partial charge in [0.05, 0.1) is 6.61 Å². The molecule has 10 atom stereocenters. The van der Waals surface area contributed by atoms with Crippen LogP contribution >= 0.6 is 0 Å². The van der Waals surface area contributed by atoms with Gasteiger partial charge in [-0.15, -0.1) is 0 Å². The second kappa shape index (κ2) is 35.9. The van der Waals surface area contributed by atoms with Crippen LogP contribution in [-0.4, -0.2) is 161 Å². The summed E-state index contributed by atoms with van der Waals surface area (Å²) in [6, 6.07) is -11.9. The van der Waals surface area contributed by atoms with Crippen LogP contribution in [0.5, 0.6) is 0 Å². The van der Waals surface area contributed by atoms with Crippen molar-refractivity contribution in [3.05, 3.63) is 0 Å². The van der Waals surface area contributed by atoms with E-state index < -0.39 is 150 Å². The van der Waals surface area contributed by atoms with Gasteiger partial charge >= 0.3 is 11.9 Å². The van der Waals surface area contributed by atoms with E-state index in [0.29, 0.717) is 32.1 Å². The van der Waals surface area contributed by atoms with Crippen molar-refractivity contribution in [1.82, 2.24) is 42.5 Å². The SMILES string of the molecule is CC[C@H](C)[C@H](NC(=O)[C@@H](NC(=O)[C@H](CCC(=O)O)NC(=O)[C@@H](N)CO)C(C)C)C(=O)N[C@@H](CCCCN)C(=O)N[C@@H](CCCN=C(N)N)C(=O)N[C@@H](CCCCN)C(=O)N[C@H](C(=O)N[C@H](C(=O)O)C(C)C)C(C)C. The Balaban J connectivity index is 6.91. The van der Waals surface area contributed by atoms with Crippen molar-refractivity contribution >= 4 is 65.2 Å². The van der Waals surface area contributed by atoms with Crippen LogP contribution in [0.3, 0.4) is 0 Å². The molecule has 0 spiro atoms. The molecule has 8 amide bonds. The van der Waals surface area contributed by atoms with Crippen LogP contribution in [0.1, 0.15) is 126 Å². The summed E-state index contributed by atoms with van der Waals surface area (Å²) in [6.07, 6.45) is 1.17. The van der Waals surface area contributed by atoms with Gasteiger partial charge in [-0.25, -0.2) is 4.79 Å². The molecule has 0 heterocycles. The van der Waals surface area contributed by atoms with E-state index in [2.05, 4.69) is 47.5 Å². The van der Waals surface area contributed by atoms with Crippen LogP contribution in [0.25, 0.3) is 0 Å². The molecule has 0 aromatic heterocycles. The molecule has 0 radical (unpaired) electrons. The van der Waals surface area contributed by atoms with E-state index in [1.165, 1.54) is 0 Å². The number of aliphatic hydroxyl groups is 1. The third-order valence-electron chi connectivity index (χ3n) is 12.1. The number of carboxylic acid groups (broad SMARTS) is 2. The molecule has 0 fully saturated rings. The van der Waals surface area contributed by atoms with Crippen molar-refractivity contribution in [3.8, 4) is 0 Å². The minimum atomic E-state index is -1.47. The van der Waals surface area contributed by atoms with E-state index in [-0.39, 0.29) is 57.7 Å². The van der Waals surface area contributed by atoms with Gasteiger partial charge in [0.2, 0.25) is 47.3 Å². The number of hydrogen-bond donors (Lipinski definition) is 16.